The molecule has 4 rings (SSSR count). The minimum Gasteiger partial charge on any atom is -0.481 e. The number of urea groups is 1. The number of nitrogens with zero attached hydrogens (tertiary/aromatic N) is 3. The molecule has 0 bridgehead atoms. The van der Waals surface area contributed by atoms with Gasteiger partial charge >= 0.3 is 12.0 Å². The Bertz CT molecular complexity index is 1300. The number of carboxylic acids is 1. The molecule has 12 nitrogen and oxygen atoms in total. The van der Waals surface area contributed by atoms with E-state index in [-0.39, 0.29) is 42.4 Å². The van der Waals surface area contributed by atoms with E-state index >= 15 is 0 Å². The first-order valence-corrected chi connectivity index (χ1v) is 13.0. The summed E-state index contributed by atoms with van der Waals surface area (Å²) >= 11 is 0. The molecule has 4 amide bonds. The number of hydrogen-bond acceptors (Lipinski definition) is 6. The Morgan fingerprint density at radius 3 is 2.40 bits per heavy atom. The van der Waals surface area contributed by atoms with E-state index in [9.17, 15) is 38.8 Å². The molecule has 0 aromatic heterocycles. The largest absolute Gasteiger partial charge is 0.481 e. The van der Waals surface area contributed by atoms with Crippen molar-refractivity contribution in [2.75, 3.05) is 18.4 Å². The van der Waals surface area contributed by atoms with Crippen LogP contribution in [0.1, 0.15) is 48.9 Å². The van der Waals surface area contributed by atoms with Crippen molar-refractivity contribution in [3.63, 3.8) is 0 Å². The van der Waals surface area contributed by atoms with Gasteiger partial charge in [-0.25, -0.2) is 9.18 Å². The highest BCUT2D eigenvalue weighted by Gasteiger charge is 2.44. The molecule has 3 N–H and O–H groups in total. The van der Waals surface area contributed by atoms with Gasteiger partial charge < -0.3 is 20.6 Å². The van der Waals surface area contributed by atoms with Gasteiger partial charge in [0.2, 0.25) is 0 Å². The number of hydrogen-bond donors (Lipinski definition) is 3. The molecule has 2 aromatic rings. The second-order valence-corrected chi connectivity index (χ2v) is 9.92. The molecule has 13 heteroatoms. The highest BCUT2D eigenvalue weighted by molar-refractivity contribution is 6.01. The quantitative estimate of drug-likeness (QED) is 0.331. The second-order valence-electron chi connectivity index (χ2n) is 9.92. The first kappa shape index (κ1) is 28.5. The van der Waals surface area contributed by atoms with E-state index in [4.69, 9.17) is 0 Å². The zero-order chi connectivity index (χ0) is 28.8. The molecule has 1 aliphatic carbocycles. The van der Waals surface area contributed by atoms with Crippen molar-refractivity contribution >= 4 is 35.2 Å². The Labute approximate surface area is 229 Å². The second kappa shape index (κ2) is 12.5. The van der Waals surface area contributed by atoms with E-state index in [2.05, 4.69) is 10.6 Å². The third kappa shape index (κ3) is 6.71. The summed E-state index contributed by atoms with van der Waals surface area (Å²) in [7, 11) is 0. The van der Waals surface area contributed by atoms with Gasteiger partial charge in [0, 0.05) is 42.5 Å². The van der Waals surface area contributed by atoms with Crippen LogP contribution in [0.25, 0.3) is 0 Å². The molecule has 2 unspecified atom stereocenters. The number of nitrogens with one attached hydrogen (secondary N) is 2. The molecule has 2 atom stereocenters. The third-order valence-corrected chi connectivity index (χ3v) is 7.25. The fraction of sp³-hybridized carbons (Fsp3) is 0.407. The summed E-state index contributed by atoms with van der Waals surface area (Å²) in [5.41, 5.74) is -0.224. The lowest BCUT2D eigenvalue weighted by molar-refractivity contribution is -0.384. The summed E-state index contributed by atoms with van der Waals surface area (Å²) in [6.07, 6.45) is 2.51. The average Bonchev–Trinajstić information content (AvgIpc) is 3.38. The Hall–Kier alpha value is -4.55. The maximum absolute atomic E-state index is 13.7. The minimum absolute atomic E-state index is 0.0474. The van der Waals surface area contributed by atoms with Crippen LogP contribution < -0.4 is 10.6 Å². The zero-order valence-electron chi connectivity index (χ0n) is 21.6. The summed E-state index contributed by atoms with van der Waals surface area (Å²) in [6, 6.07) is 8.71. The number of halogens is 1. The maximum Gasteiger partial charge on any atom is 0.323 e. The molecule has 2 aromatic carbocycles. The van der Waals surface area contributed by atoms with Crippen molar-refractivity contribution in [2.24, 2.45) is 5.92 Å². The number of nitro benzene ring substituents is 1. The molecule has 2 aliphatic rings. The standard InChI is InChI=1S/C27H30FN5O7/c28-19-9-5-10-20(15-19)29-27(38)32-13-12-31(26(37)18-8-4-11-21(14-18)33(39)40)25(32)24(36)30-22(16-23(34)35)17-6-2-1-3-7-17/h4-5,8-11,14-15,17,22,25H,1-3,6-7,12-13,16H2,(H,29,38)(H,30,36)(H,34,35). The van der Waals surface area contributed by atoms with Crippen molar-refractivity contribution in [2.45, 2.75) is 50.7 Å². The highest BCUT2D eigenvalue weighted by Crippen LogP contribution is 2.29. The molecule has 1 aliphatic heterocycles. The van der Waals surface area contributed by atoms with Crippen molar-refractivity contribution in [1.82, 2.24) is 15.1 Å². The number of carbonyl (C=O) groups is 4. The van der Waals surface area contributed by atoms with Crippen LogP contribution in [-0.4, -0.2) is 68.9 Å². The molecule has 212 valence electrons. The van der Waals surface area contributed by atoms with Crippen LogP contribution >= 0.6 is 0 Å². The van der Waals surface area contributed by atoms with Gasteiger partial charge in [-0.1, -0.05) is 31.4 Å². The van der Waals surface area contributed by atoms with E-state index in [1.54, 1.807) is 0 Å². The van der Waals surface area contributed by atoms with Gasteiger partial charge in [0.15, 0.2) is 6.17 Å². The lowest BCUT2D eigenvalue weighted by Crippen LogP contribution is -2.57. The van der Waals surface area contributed by atoms with Gasteiger partial charge in [0.05, 0.1) is 11.3 Å². The SMILES string of the molecule is O=C(O)CC(NC(=O)C1N(C(=O)Nc2cccc(F)c2)CCN1C(=O)c1cccc([N+](=O)[O-])c1)C1CCCCC1. The topological polar surface area (TPSA) is 162 Å². The number of carbonyl (C=O) groups excluding carboxylic acids is 3. The summed E-state index contributed by atoms with van der Waals surface area (Å²) in [4.78, 5) is 64.9. The number of anilines is 1. The van der Waals surface area contributed by atoms with Crippen LogP contribution in [0.2, 0.25) is 0 Å². The van der Waals surface area contributed by atoms with Crippen LogP contribution in [0.4, 0.5) is 20.6 Å². The average molecular weight is 556 g/mol. The van der Waals surface area contributed by atoms with Crippen LogP contribution in [0.15, 0.2) is 48.5 Å². The smallest absolute Gasteiger partial charge is 0.323 e. The number of carboxylic acid groups (broad SMARTS) is 1. The van der Waals surface area contributed by atoms with Gasteiger partial charge in [-0.3, -0.25) is 29.4 Å². The van der Waals surface area contributed by atoms with Gasteiger partial charge in [-0.2, -0.15) is 0 Å². The Balaban J connectivity index is 1.63. The summed E-state index contributed by atoms with van der Waals surface area (Å²) in [6.45, 7) is -0.129. The van der Waals surface area contributed by atoms with E-state index in [0.717, 1.165) is 54.0 Å². The Morgan fingerprint density at radius 2 is 1.73 bits per heavy atom. The first-order valence-electron chi connectivity index (χ1n) is 13.0. The van der Waals surface area contributed by atoms with Crippen molar-refractivity contribution in [1.29, 1.82) is 0 Å². The zero-order valence-corrected chi connectivity index (χ0v) is 21.6. The van der Waals surface area contributed by atoms with Crippen LogP contribution in [0.3, 0.4) is 0 Å². The number of nitro groups is 1. The number of benzene rings is 2. The first-order chi connectivity index (χ1) is 19.1. The van der Waals surface area contributed by atoms with E-state index < -0.39 is 46.8 Å². The van der Waals surface area contributed by atoms with E-state index in [1.807, 2.05) is 0 Å². The van der Waals surface area contributed by atoms with E-state index in [0.29, 0.717) is 0 Å². The number of non-ortho nitro benzene ring substituents is 1. The van der Waals surface area contributed by atoms with Crippen LogP contribution in [0, 0.1) is 21.8 Å². The van der Waals surface area contributed by atoms with Gasteiger partial charge in [-0.15, -0.1) is 0 Å². The molecule has 0 radical (unpaired) electrons. The lowest BCUT2D eigenvalue weighted by atomic mass is 9.82. The number of aliphatic carboxylic acids is 1. The van der Waals surface area contributed by atoms with Gasteiger partial charge in [-0.05, 0) is 43.0 Å². The predicted octanol–water partition coefficient (Wildman–Crippen LogP) is 3.59. The summed E-state index contributed by atoms with van der Waals surface area (Å²) in [5.74, 6) is -3.21. The van der Waals surface area contributed by atoms with E-state index in [1.165, 1.54) is 36.4 Å². The minimum atomic E-state index is -1.47. The van der Waals surface area contributed by atoms with Gasteiger partial charge in [0.25, 0.3) is 17.5 Å². The fourth-order valence-corrected chi connectivity index (χ4v) is 5.33. The Kier molecular flexibility index (Phi) is 8.92. The van der Waals surface area contributed by atoms with Crippen molar-refractivity contribution < 1.29 is 33.6 Å². The maximum atomic E-state index is 13.7. The molecular weight excluding hydrogens is 525 g/mol. The molecule has 1 saturated heterocycles. The summed E-state index contributed by atoms with van der Waals surface area (Å²) in [5, 5.41) is 26.1. The molecule has 1 heterocycles. The molecule has 2 fully saturated rings. The number of amides is 4. The van der Waals surface area contributed by atoms with Crippen molar-refractivity contribution in [3.8, 4) is 0 Å². The summed E-state index contributed by atoms with van der Waals surface area (Å²) < 4.78 is 13.7. The Morgan fingerprint density at radius 1 is 1.02 bits per heavy atom. The highest BCUT2D eigenvalue weighted by atomic mass is 19.1. The molecule has 40 heavy (non-hydrogen) atoms. The fourth-order valence-electron chi connectivity index (χ4n) is 5.33. The molecular formula is C27H30FN5O7. The normalized spacial score (nSPS) is 18.2. The lowest BCUT2D eigenvalue weighted by Gasteiger charge is -2.34. The molecule has 0 spiro atoms. The predicted molar refractivity (Wildman–Crippen MR) is 141 cm³/mol. The van der Waals surface area contributed by atoms with Crippen LogP contribution in [-0.2, 0) is 9.59 Å². The monoisotopic (exact) mass is 555 g/mol. The van der Waals surface area contributed by atoms with Gasteiger partial charge in [0.1, 0.15) is 5.82 Å². The third-order valence-electron chi connectivity index (χ3n) is 7.25. The van der Waals surface area contributed by atoms with Crippen LogP contribution in [0.5, 0.6) is 0 Å². The molecule has 1 saturated carbocycles. The van der Waals surface area contributed by atoms with Crippen molar-refractivity contribution in [3.05, 3.63) is 70.0 Å². The number of rotatable bonds is 8.